The molecule has 2 saturated heterocycles. The van der Waals surface area contributed by atoms with Gasteiger partial charge in [-0.05, 0) is 12.1 Å². The van der Waals surface area contributed by atoms with Crippen molar-refractivity contribution in [3.8, 4) is 0 Å². The third-order valence-corrected chi connectivity index (χ3v) is 7.74. The largest absolute Gasteiger partial charge is 0.310 e. The summed E-state index contributed by atoms with van der Waals surface area (Å²) in [6, 6.07) is 3.54. The highest BCUT2D eigenvalue weighted by molar-refractivity contribution is 7.92. The van der Waals surface area contributed by atoms with Gasteiger partial charge in [-0.2, -0.15) is 4.31 Å². The number of sulfone groups is 1. The molecular weight excluding hydrogens is 346 g/mol. The van der Waals surface area contributed by atoms with E-state index >= 15 is 0 Å². The van der Waals surface area contributed by atoms with Crippen molar-refractivity contribution >= 4 is 25.5 Å². The van der Waals surface area contributed by atoms with E-state index in [0.29, 0.717) is 6.54 Å². The molecule has 0 bridgehead atoms. The van der Waals surface area contributed by atoms with E-state index in [1.165, 1.54) is 16.4 Å². The Bertz CT molecular complexity index is 834. The zero-order valence-electron chi connectivity index (χ0n) is 12.0. The van der Waals surface area contributed by atoms with E-state index in [4.69, 9.17) is 0 Å². The third-order valence-electron chi connectivity index (χ3n) is 4.09. The minimum atomic E-state index is -3.90. The molecule has 3 rings (SSSR count). The molecule has 0 spiro atoms. The fourth-order valence-corrected chi connectivity index (χ4v) is 6.72. The maximum absolute atomic E-state index is 12.8. The van der Waals surface area contributed by atoms with Gasteiger partial charge in [0.1, 0.15) is 0 Å². The Kier molecular flexibility index (Phi) is 3.91. The van der Waals surface area contributed by atoms with Gasteiger partial charge < -0.3 is 5.32 Å². The lowest BCUT2D eigenvalue weighted by Gasteiger charge is -2.36. The van der Waals surface area contributed by atoms with Gasteiger partial charge in [-0.3, -0.25) is 10.1 Å². The summed E-state index contributed by atoms with van der Waals surface area (Å²) < 4.78 is 50.3. The van der Waals surface area contributed by atoms with Gasteiger partial charge >= 0.3 is 0 Å². The van der Waals surface area contributed by atoms with Crippen LogP contribution < -0.4 is 5.32 Å². The number of hydrogen-bond acceptors (Lipinski definition) is 7. The third kappa shape index (κ3) is 2.96. The Morgan fingerprint density at radius 1 is 1.22 bits per heavy atom. The molecule has 0 radical (unpaired) electrons. The highest BCUT2D eigenvalue weighted by atomic mass is 32.2. The molecule has 9 nitrogen and oxygen atoms in total. The number of nitrogens with zero attached hydrogens (tertiary/aromatic N) is 2. The normalized spacial score (nSPS) is 27.5. The molecule has 2 heterocycles. The lowest BCUT2D eigenvalue weighted by Crippen LogP contribution is -2.58. The second-order valence-electron chi connectivity index (χ2n) is 5.57. The number of benzene rings is 1. The average Bonchev–Trinajstić information content (AvgIpc) is 2.80. The highest BCUT2D eigenvalue weighted by Crippen LogP contribution is 2.28. The van der Waals surface area contributed by atoms with Crippen LogP contribution in [-0.4, -0.2) is 62.7 Å². The van der Waals surface area contributed by atoms with E-state index in [2.05, 4.69) is 5.32 Å². The summed E-state index contributed by atoms with van der Waals surface area (Å²) in [6.45, 7) is 0.527. The summed E-state index contributed by atoms with van der Waals surface area (Å²) in [7, 11) is -7.18. The van der Waals surface area contributed by atoms with E-state index < -0.39 is 36.9 Å². The van der Waals surface area contributed by atoms with Gasteiger partial charge in [-0.25, -0.2) is 16.8 Å². The topological polar surface area (TPSA) is 127 Å². The number of nitrogens with one attached hydrogen (secondary N) is 1. The Morgan fingerprint density at radius 3 is 2.48 bits per heavy atom. The second-order valence-corrected chi connectivity index (χ2v) is 9.62. The Balaban J connectivity index is 1.94. The Labute approximate surface area is 133 Å². The molecule has 2 fully saturated rings. The van der Waals surface area contributed by atoms with Crippen LogP contribution in [0, 0.1) is 10.1 Å². The van der Waals surface area contributed by atoms with E-state index in [1.54, 1.807) is 0 Å². The number of hydrogen-bond donors (Lipinski definition) is 1. The first-order valence-electron chi connectivity index (χ1n) is 6.91. The van der Waals surface area contributed by atoms with Gasteiger partial charge in [-0.15, -0.1) is 0 Å². The van der Waals surface area contributed by atoms with Crippen LogP contribution in [0.4, 0.5) is 5.69 Å². The van der Waals surface area contributed by atoms with Gasteiger partial charge in [0.05, 0.1) is 27.4 Å². The second kappa shape index (κ2) is 5.51. The summed E-state index contributed by atoms with van der Waals surface area (Å²) >= 11 is 0. The van der Waals surface area contributed by atoms with E-state index in [0.717, 1.165) is 12.1 Å². The fraction of sp³-hybridized carbons (Fsp3) is 0.500. The molecule has 0 amide bonds. The van der Waals surface area contributed by atoms with Crippen molar-refractivity contribution < 1.29 is 21.8 Å². The summed E-state index contributed by atoms with van der Waals surface area (Å²) in [5.41, 5.74) is -0.203. The number of sulfonamides is 1. The molecule has 2 aliphatic rings. The van der Waals surface area contributed by atoms with E-state index in [9.17, 15) is 26.9 Å². The monoisotopic (exact) mass is 361 g/mol. The van der Waals surface area contributed by atoms with Crippen molar-refractivity contribution in [3.63, 3.8) is 0 Å². The molecule has 1 aromatic carbocycles. The minimum Gasteiger partial charge on any atom is -0.310 e. The highest BCUT2D eigenvalue weighted by Gasteiger charge is 2.47. The van der Waals surface area contributed by atoms with E-state index in [-0.39, 0.29) is 28.6 Å². The predicted molar refractivity (Wildman–Crippen MR) is 81.2 cm³/mol. The van der Waals surface area contributed by atoms with Crippen LogP contribution in [0.3, 0.4) is 0 Å². The molecule has 23 heavy (non-hydrogen) atoms. The van der Waals surface area contributed by atoms with Gasteiger partial charge in [0, 0.05) is 31.3 Å². The SMILES string of the molecule is O=[N+]([O-])c1ccc(S(=O)(=O)N2CCN[C@@H]3CS(=O)(=O)C[C@@H]32)cc1. The zero-order chi connectivity index (χ0) is 16.8. The lowest BCUT2D eigenvalue weighted by atomic mass is 10.1. The quantitative estimate of drug-likeness (QED) is 0.560. The number of nitro benzene ring substituents is 1. The maximum Gasteiger partial charge on any atom is 0.269 e. The van der Waals surface area contributed by atoms with Gasteiger partial charge in [-0.1, -0.05) is 0 Å². The average molecular weight is 361 g/mol. The number of rotatable bonds is 3. The molecule has 2 atom stereocenters. The van der Waals surface area contributed by atoms with Crippen molar-refractivity contribution in [3.05, 3.63) is 34.4 Å². The first kappa shape index (κ1) is 16.3. The molecule has 2 aliphatic heterocycles. The number of nitro groups is 1. The zero-order valence-corrected chi connectivity index (χ0v) is 13.6. The van der Waals surface area contributed by atoms with Crippen LogP contribution in [-0.2, 0) is 19.9 Å². The van der Waals surface area contributed by atoms with Crippen molar-refractivity contribution in [2.45, 2.75) is 17.0 Å². The summed E-state index contributed by atoms with van der Waals surface area (Å²) in [4.78, 5) is 9.97. The molecule has 126 valence electrons. The Hall–Kier alpha value is -1.56. The molecule has 0 unspecified atom stereocenters. The first-order valence-corrected chi connectivity index (χ1v) is 10.2. The standard InChI is InChI=1S/C12H15N3O6S2/c16-15(17)9-1-3-10(4-2-9)23(20,21)14-6-5-13-11-7-22(18,19)8-12(11)14/h1-4,11-13H,5-8H2/t11-,12+/m1/s1. The van der Waals surface area contributed by atoms with Crippen LogP contribution in [0.5, 0.6) is 0 Å². The van der Waals surface area contributed by atoms with Crippen molar-refractivity contribution in [2.24, 2.45) is 0 Å². The fourth-order valence-electron chi connectivity index (χ4n) is 3.01. The van der Waals surface area contributed by atoms with Crippen molar-refractivity contribution in [2.75, 3.05) is 24.6 Å². The minimum absolute atomic E-state index is 0.0759. The maximum atomic E-state index is 12.8. The molecule has 11 heteroatoms. The van der Waals surface area contributed by atoms with Crippen LogP contribution in [0.2, 0.25) is 0 Å². The molecule has 1 aromatic rings. The predicted octanol–water partition coefficient (Wildman–Crippen LogP) is -0.646. The smallest absolute Gasteiger partial charge is 0.269 e. The molecule has 0 aromatic heterocycles. The molecule has 1 N–H and O–H groups in total. The summed E-state index contributed by atoms with van der Waals surface area (Å²) in [5, 5.41) is 13.7. The van der Waals surface area contributed by atoms with Crippen LogP contribution in [0.15, 0.2) is 29.2 Å². The van der Waals surface area contributed by atoms with Gasteiger partial charge in [0.15, 0.2) is 9.84 Å². The summed E-state index contributed by atoms with van der Waals surface area (Å²) in [5.74, 6) is -0.291. The van der Waals surface area contributed by atoms with Crippen LogP contribution in [0.25, 0.3) is 0 Å². The number of piperazine rings is 1. The molecular formula is C12H15N3O6S2. The van der Waals surface area contributed by atoms with Crippen molar-refractivity contribution in [1.29, 1.82) is 0 Å². The molecule has 0 saturated carbocycles. The van der Waals surface area contributed by atoms with Gasteiger partial charge in [0.2, 0.25) is 10.0 Å². The van der Waals surface area contributed by atoms with Crippen LogP contribution >= 0.6 is 0 Å². The lowest BCUT2D eigenvalue weighted by molar-refractivity contribution is -0.384. The number of non-ortho nitro benzene ring substituents is 1. The van der Waals surface area contributed by atoms with E-state index in [1.807, 2.05) is 0 Å². The Morgan fingerprint density at radius 2 is 1.87 bits per heavy atom. The van der Waals surface area contributed by atoms with Crippen molar-refractivity contribution in [1.82, 2.24) is 9.62 Å². The molecule has 0 aliphatic carbocycles. The van der Waals surface area contributed by atoms with Gasteiger partial charge in [0.25, 0.3) is 5.69 Å². The summed E-state index contributed by atoms with van der Waals surface area (Å²) in [6.07, 6.45) is 0. The first-order chi connectivity index (χ1) is 10.7. The van der Waals surface area contributed by atoms with Crippen LogP contribution in [0.1, 0.15) is 0 Å². The number of fused-ring (bicyclic) bond motifs is 1.